The molecule has 5 atom stereocenters. The Bertz CT molecular complexity index is 1240. The number of hydrogen-bond acceptors (Lipinski definition) is 6. The van der Waals surface area contributed by atoms with Crippen molar-refractivity contribution in [3.63, 3.8) is 0 Å². The molecule has 0 aliphatic heterocycles. The van der Waals surface area contributed by atoms with Gasteiger partial charge in [-0.15, -0.1) is 0 Å². The van der Waals surface area contributed by atoms with Crippen LogP contribution in [0, 0.1) is 11.8 Å². The minimum absolute atomic E-state index is 0.0268. The average molecular weight is 587 g/mol. The molecule has 0 aliphatic carbocycles. The summed E-state index contributed by atoms with van der Waals surface area (Å²) in [5.41, 5.74) is 18.4. The number of benzene rings is 1. The summed E-state index contributed by atoms with van der Waals surface area (Å²) in [6, 6.07) is 3.35. The summed E-state index contributed by atoms with van der Waals surface area (Å²) in [5.74, 6) is -3.11. The molecule has 3 amide bonds. The van der Waals surface area contributed by atoms with E-state index in [0.717, 1.165) is 16.5 Å². The second-order valence-corrected chi connectivity index (χ2v) is 11.1. The third kappa shape index (κ3) is 10.4. The van der Waals surface area contributed by atoms with E-state index >= 15 is 0 Å². The van der Waals surface area contributed by atoms with Crippen molar-refractivity contribution in [2.75, 3.05) is 6.54 Å². The Balaban J connectivity index is 2.23. The van der Waals surface area contributed by atoms with E-state index in [4.69, 9.17) is 17.2 Å². The fourth-order valence-electron chi connectivity index (χ4n) is 4.60. The van der Waals surface area contributed by atoms with Gasteiger partial charge in [-0.05, 0) is 42.7 Å². The number of carbonyl (C=O) groups is 4. The number of aliphatic imine (C=N–C) groups is 1. The topological polar surface area (TPSA) is 231 Å². The van der Waals surface area contributed by atoms with E-state index in [0.29, 0.717) is 19.3 Å². The Morgan fingerprint density at radius 3 is 2.26 bits per heavy atom. The number of nitrogens with one attached hydrogen (secondary N) is 4. The molecule has 2 rings (SSSR count). The van der Waals surface area contributed by atoms with Crippen LogP contribution in [-0.2, 0) is 25.6 Å². The zero-order valence-corrected chi connectivity index (χ0v) is 24.9. The van der Waals surface area contributed by atoms with Gasteiger partial charge in [-0.3, -0.25) is 19.4 Å². The van der Waals surface area contributed by atoms with Crippen molar-refractivity contribution in [2.24, 2.45) is 34.0 Å². The molecule has 42 heavy (non-hydrogen) atoms. The lowest BCUT2D eigenvalue weighted by Gasteiger charge is -2.28. The predicted octanol–water partition coefficient (Wildman–Crippen LogP) is 0.723. The number of para-hydroxylation sites is 1. The minimum Gasteiger partial charge on any atom is -0.480 e. The molecule has 0 spiro atoms. The van der Waals surface area contributed by atoms with E-state index < -0.39 is 47.9 Å². The Morgan fingerprint density at radius 1 is 0.976 bits per heavy atom. The molecular weight excluding hydrogens is 540 g/mol. The van der Waals surface area contributed by atoms with Gasteiger partial charge in [-0.1, -0.05) is 52.3 Å². The van der Waals surface area contributed by atoms with E-state index in [-0.39, 0.29) is 37.2 Å². The number of carboxylic acid groups (broad SMARTS) is 1. The Hall–Kier alpha value is -4.13. The summed E-state index contributed by atoms with van der Waals surface area (Å²) in [6.07, 6.45) is 3.22. The smallest absolute Gasteiger partial charge is 0.326 e. The predicted molar refractivity (Wildman–Crippen MR) is 162 cm³/mol. The number of hydrogen-bond donors (Lipinski definition) is 8. The van der Waals surface area contributed by atoms with E-state index in [2.05, 4.69) is 25.9 Å². The number of H-pyrrole nitrogens is 1. The maximum Gasteiger partial charge on any atom is 0.326 e. The quantitative estimate of drug-likeness (QED) is 0.0746. The molecule has 0 radical (unpaired) electrons. The molecule has 0 saturated heterocycles. The second-order valence-electron chi connectivity index (χ2n) is 11.1. The molecule has 0 fully saturated rings. The molecule has 0 saturated carbocycles. The van der Waals surface area contributed by atoms with Crippen molar-refractivity contribution in [3.8, 4) is 0 Å². The summed E-state index contributed by atoms with van der Waals surface area (Å²) in [4.78, 5) is 58.9. The summed E-state index contributed by atoms with van der Waals surface area (Å²) in [6.45, 7) is 7.79. The summed E-state index contributed by atoms with van der Waals surface area (Å²) in [7, 11) is 0. The lowest BCUT2D eigenvalue weighted by molar-refractivity contribution is -0.142. The fourth-order valence-corrected chi connectivity index (χ4v) is 4.60. The highest BCUT2D eigenvalue weighted by Gasteiger charge is 2.32. The third-order valence-corrected chi connectivity index (χ3v) is 7.15. The van der Waals surface area contributed by atoms with Crippen LogP contribution in [0.3, 0.4) is 0 Å². The highest BCUT2D eigenvalue weighted by molar-refractivity contribution is 5.94. The largest absolute Gasteiger partial charge is 0.480 e. The first-order valence-corrected chi connectivity index (χ1v) is 14.3. The van der Waals surface area contributed by atoms with E-state index in [1.54, 1.807) is 6.20 Å². The van der Waals surface area contributed by atoms with Crippen LogP contribution in [0.15, 0.2) is 35.5 Å². The molecule has 13 nitrogen and oxygen atoms in total. The maximum atomic E-state index is 13.5. The minimum atomic E-state index is -1.26. The van der Waals surface area contributed by atoms with Crippen molar-refractivity contribution >= 4 is 40.6 Å². The van der Waals surface area contributed by atoms with Crippen LogP contribution < -0.4 is 33.2 Å². The zero-order valence-electron chi connectivity index (χ0n) is 24.9. The van der Waals surface area contributed by atoms with Gasteiger partial charge in [0.25, 0.3) is 0 Å². The van der Waals surface area contributed by atoms with Gasteiger partial charge in [0.1, 0.15) is 18.1 Å². The van der Waals surface area contributed by atoms with Gasteiger partial charge >= 0.3 is 5.97 Å². The number of aromatic amines is 1. The number of guanidine groups is 1. The van der Waals surface area contributed by atoms with E-state index in [1.165, 1.54) is 0 Å². The van der Waals surface area contributed by atoms with Gasteiger partial charge in [-0.2, -0.15) is 0 Å². The molecule has 1 heterocycles. The van der Waals surface area contributed by atoms with Gasteiger partial charge in [0, 0.05) is 30.1 Å². The number of amides is 3. The van der Waals surface area contributed by atoms with E-state index in [9.17, 15) is 24.3 Å². The van der Waals surface area contributed by atoms with Crippen LogP contribution in [0.2, 0.25) is 0 Å². The first-order chi connectivity index (χ1) is 19.8. The molecule has 13 heteroatoms. The molecule has 11 N–H and O–H groups in total. The molecule has 2 aromatic rings. The number of aromatic nitrogens is 1. The van der Waals surface area contributed by atoms with Crippen molar-refractivity contribution in [2.45, 2.75) is 84.0 Å². The Kier molecular flexibility index (Phi) is 13.3. The van der Waals surface area contributed by atoms with Crippen LogP contribution in [0.25, 0.3) is 10.9 Å². The Labute approximate surface area is 246 Å². The lowest BCUT2D eigenvalue weighted by Crippen LogP contribution is -2.58. The van der Waals surface area contributed by atoms with Crippen molar-refractivity contribution in [1.82, 2.24) is 20.9 Å². The molecule has 1 aromatic carbocycles. The number of nitrogens with zero attached hydrogens (tertiary/aromatic N) is 1. The summed E-state index contributed by atoms with van der Waals surface area (Å²) in [5, 5.41) is 18.8. The molecule has 0 aliphatic rings. The van der Waals surface area contributed by atoms with Gasteiger partial charge in [0.2, 0.25) is 17.7 Å². The monoisotopic (exact) mass is 586 g/mol. The molecule has 1 aromatic heterocycles. The first-order valence-electron chi connectivity index (χ1n) is 14.3. The van der Waals surface area contributed by atoms with Gasteiger partial charge in [0.15, 0.2) is 5.96 Å². The van der Waals surface area contributed by atoms with Crippen molar-refractivity contribution in [3.05, 3.63) is 36.0 Å². The number of fused-ring (bicyclic) bond motifs is 1. The zero-order chi connectivity index (χ0) is 31.4. The number of carbonyl (C=O) groups excluding carboxylic acids is 3. The van der Waals surface area contributed by atoms with Crippen LogP contribution in [0.1, 0.15) is 58.9 Å². The third-order valence-electron chi connectivity index (χ3n) is 7.15. The molecular formula is C29H46N8O5. The van der Waals surface area contributed by atoms with Crippen molar-refractivity contribution < 1.29 is 24.3 Å². The highest BCUT2D eigenvalue weighted by atomic mass is 16.4. The van der Waals surface area contributed by atoms with Crippen LogP contribution >= 0.6 is 0 Å². The first kappa shape index (κ1) is 34.1. The van der Waals surface area contributed by atoms with Crippen LogP contribution in [-0.4, -0.2) is 70.5 Å². The lowest BCUT2D eigenvalue weighted by atomic mass is 9.96. The average Bonchev–Trinajstić information content (AvgIpc) is 3.34. The summed E-state index contributed by atoms with van der Waals surface area (Å²) >= 11 is 0. The number of aliphatic carboxylic acids is 1. The van der Waals surface area contributed by atoms with Gasteiger partial charge in [-0.25, -0.2) is 4.79 Å². The normalized spacial score (nSPS) is 14.8. The van der Waals surface area contributed by atoms with E-state index in [1.807, 2.05) is 52.0 Å². The molecule has 232 valence electrons. The van der Waals surface area contributed by atoms with Crippen LogP contribution in [0.4, 0.5) is 0 Å². The second kappa shape index (κ2) is 16.3. The van der Waals surface area contributed by atoms with Gasteiger partial charge in [0.05, 0.1) is 6.04 Å². The van der Waals surface area contributed by atoms with Gasteiger partial charge < -0.3 is 43.2 Å². The Morgan fingerprint density at radius 2 is 1.64 bits per heavy atom. The highest BCUT2D eigenvalue weighted by Crippen LogP contribution is 2.19. The number of nitrogens with two attached hydrogens (primary N) is 3. The number of rotatable bonds is 17. The van der Waals surface area contributed by atoms with Crippen molar-refractivity contribution in [1.29, 1.82) is 0 Å². The SMILES string of the molecule is CCC(C)C(NC(=O)C(N)CC(C)C)C(=O)NC(CCCN=C(N)N)C(=O)NC(Cc1c[nH]c2ccccc12)C(=O)O. The number of carboxylic acids is 1. The standard InChI is InChI=1S/C29H46N8O5/c1-5-17(4)24(37-25(38)20(30)13-16(2)3)27(40)35-22(11-8-12-33-29(31)32)26(39)36-23(28(41)42)14-18-15-34-21-10-7-6-9-19(18)21/h6-7,9-10,15-17,20,22-24,34H,5,8,11-14,30H2,1-4H3,(H,35,40)(H,36,39)(H,37,38)(H,41,42)(H4,31,32,33). The maximum absolute atomic E-state index is 13.5. The molecule has 0 bridgehead atoms. The van der Waals surface area contributed by atoms with Crippen LogP contribution in [0.5, 0.6) is 0 Å². The summed E-state index contributed by atoms with van der Waals surface area (Å²) < 4.78 is 0. The molecule has 5 unspecified atom stereocenters. The fraction of sp³-hybridized carbons (Fsp3) is 0.552.